The summed E-state index contributed by atoms with van der Waals surface area (Å²) in [5, 5.41) is 3.63. The molecule has 1 unspecified atom stereocenters. The third-order valence-electron chi connectivity index (χ3n) is 4.66. The minimum absolute atomic E-state index is 0.0348. The molecule has 3 aromatic rings. The summed E-state index contributed by atoms with van der Waals surface area (Å²) in [5.74, 6) is -0.660. The zero-order valence-electron chi connectivity index (χ0n) is 16.0. The molecule has 2 aromatic carbocycles. The van der Waals surface area contributed by atoms with Gasteiger partial charge in [0, 0.05) is 17.8 Å². The highest BCUT2D eigenvalue weighted by atomic mass is 32.2. The van der Waals surface area contributed by atoms with Crippen molar-refractivity contribution in [2.45, 2.75) is 29.9 Å². The van der Waals surface area contributed by atoms with Gasteiger partial charge < -0.3 is 5.32 Å². The van der Waals surface area contributed by atoms with E-state index in [0.717, 1.165) is 11.6 Å². The third kappa shape index (κ3) is 5.31. The van der Waals surface area contributed by atoms with Crippen molar-refractivity contribution < 1.29 is 17.6 Å². The number of carbonyl (C=O) groups excluding carboxylic acids is 1. The molecule has 0 aliphatic rings. The van der Waals surface area contributed by atoms with Gasteiger partial charge in [0.2, 0.25) is 5.91 Å². The Morgan fingerprint density at radius 1 is 1.10 bits per heavy atom. The second kappa shape index (κ2) is 9.33. The molecular weight excluding hydrogens is 409 g/mol. The zero-order chi connectivity index (χ0) is 20.9. The molecule has 0 aliphatic heterocycles. The van der Waals surface area contributed by atoms with Gasteiger partial charge in [-0.2, -0.15) is 0 Å². The maximum absolute atomic E-state index is 13.6. The normalized spacial score (nSPS) is 12.5. The van der Waals surface area contributed by atoms with Crippen LogP contribution in [0.4, 0.5) is 4.39 Å². The van der Waals surface area contributed by atoms with Gasteiger partial charge in [0.15, 0.2) is 9.84 Å². The highest BCUT2D eigenvalue weighted by Crippen LogP contribution is 2.32. The van der Waals surface area contributed by atoms with Crippen molar-refractivity contribution in [3.63, 3.8) is 0 Å². The van der Waals surface area contributed by atoms with E-state index in [-0.39, 0.29) is 29.3 Å². The first-order valence-corrected chi connectivity index (χ1v) is 11.6. The van der Waals surface area contributed by atoms with Crippen LogP contribution in [-0.4, -0.2) is 20.9 Å². The van der Waals surface area contributed by atoms with Gasteiger partial charge in [-0.25, -0.2) is 12.8 Å². The van der Waals surface area contributed by atoms with Gasteiger partial charge in [-0.3, -0.25) is 4.79 Å². The number of carbonyl (C=O) groups is 1. The topological polar surface area (TPSA) is 63.2 Å². The number of amides is 1. The number of rotatable bonds is 8. The first-order valence-electron chi connectivity index (χ1n) is 9.22. The fraction of sp³-hybridized carbons (Fsp3) is 0.227. The van der Waals surface area contributed by atoms with Crippen LogP contribution < -0.4 is 5.32 Å². The van der Waals surface area contributed by atoms with Gasteiger partial charge in [-0.1, -0.05) is 36.4 Å². The number of sulfone groups is 1. The summed E-state index contributed by atoms with van der Waals surface area (Å²) in [5.41, 5.74) is 1.31. The lowest BCUT2D eigenvalue weighted by molar-refractivity contribution is -0.121. The van der Waals surface area contributed by atoms with E-state index in [1.54, 1.807) is 17.5 Å². The molecule has 29 heavy (non-hydrogen) atoms. The van der Waals surface area contributed by atoms with E-state index in [2.05, 4.69) is 5.32 Å². The number of thiophene rings is 1. The maximum atomic E-state index is 13.6. The molecule has 0 saturated heterocycles. The summed E-state index contributed by atoms with van der Waals surface area (Å²) < 4.78 is 40.0. The van der Waals surface area contributed by atoms with Crippen LogP contribution in [0.1, 0.15) is 27.7 Å². The Labute approximate surface area is 174 Å². The molecule has 0 radical (unpaired) electrons. The highest BCUT2D eigenvalue weighted by molar-refractivity contribution is 7.91. The summed E-state index contributed by atoms with van der Waals surface area (Å²) in [4.78, 5) is 13.0. The average molecular weight is 432 g/mol. The lowest BCUT2D eigenvalue weighted by Gasteiger charge is -2.18. The third-order valence-corrected chi connectivity index (χ3v) is 7.88. The average Bonchev–Trinajstić information content (AvgIpc) is 3.23. The van der Waals surface area contributed by atoms with Crippen LogP contribution in [0.25, 0.3) is 0 Å². The molecule has 3 rings (SSSR count). The van der Waals surface area contributed by atoms with Crippen molar-refractivity contribution in [2.75, 3.05) is 6.54 Å². The molecule has 1 amide bonds. The molecule has 1 aromatic heterocycles. The number of benzene rings is 2. The van der Waals surface area contributed by atoms with Crippen LogP contribution in [-0.2, 0) is 21.1 Å². The molecule has 1 heterocycles. The minimum atomic E-state index is -3.80. The lowest BCUT2D eigenvalue weighted by atomic mass is 10.1. The van der Waals surface area contributed by atoms with Gasteiger partial charge in [0.05, 0.1) is 4.90 Å². The van der Waals surface area contributed by atoms with Crippen LogP contribution in [0.3, 0.4) is 0 Å². The number of hydrogen-bond acceptors (Lipinski definition) is 4. The predicted octanol–water partition coefficient (Wildman–Crippen LogP) is 4.46. The monoisotopic (exact) mass is 431 g/mol. The van der Waals surface area contributed by atoms with Crippen LogP contribution in [0.15, 0.2) is 70.9 Å². The Kier molecular flexibility index (Phi) is 6.82. The van der Waals surface area contributed by atoms with Crippen LogP contribution in [0, 0.1) is 12.7 Å². The van der Waals surface area contributed by atoms with Crippen LogP contribution in [0.2, 0.25) is 0 Å². The van der Waals surface area contributed by atoms with E-state index < -0.39 is 20.9 Å². The number of nitrogens with one attached hydrogen (secondary N) is 1. The molecule has 0 saturated carbocycles. The van der Waals surface area contributed by atoms with Crippen molar-refractivity contribution in [3.8, 4) is 0 Å². The van der Waals surface area contributed by atoms with Crippen molar-refractivity contribution in [3.05, 3.63) is 87.9 Å². The fourth-order valence-electron chi connectivity index (χ4n) is 2.99. The molecule has 1 atom stereocenters. The van der Waals surface area contributed by atoms with Crippen LogP contribution in [0.5, 0.6) is 0 Å². The summed E-state index contributed by atoms with van der Waals surface area (Å²) in [6.07, 6.45) is 0.858. The van der Waals surface area contributed by atoms with Crippen molar-refractivity contribution in [2.24, 2.45) is 0 Å². The highest BCUT2D eigenvalue weighted by Gasteiger charge is 2.30. The smallest absolute Gasteiger partial charge is 0.220 e. The quantitative estimate of drug-likeness (QED) is 0.536. The summed E-state index contributed by atoms with van der Waals surface area (Å²) in [6.45, 7) is 1.49. The SMILES string of the molecule is Cc1cc(S(=O)(=O)C(CNC(=O)CCc2ccccc2)c2cccs2)ccc1F. The number of hydrogen-bond donors (Lipinski definition) is 1. The maximum Gasteiger partial charge on any atom is 0.220 e. The number of halogens is 1. The van der Waals surface area contributed by atoms with E-state index in [9.17, 15) is 17.6 Å². The van der Waals surface area contributed by atoms with Gasteiger partial charge >= 0.3 is 0 Å². The molecule has 1 N–H and O–H groups in total. The summed E-state index contributed by atoms with van der Waals surface area (Å²) >= 11 is 1.32. The van der Waals surface area contributed by atoms with E-state index >= 15 is 0 Å². The standard InChI is InChI=1S/C22H22FNO3S2/c1-16-14-18(10-11-19(16)23)29(26,27)21(20-8-5-13-28-20)15-24-22(25)12-9-17-6-3-2-4-7-17/h2-8,10-11,13-14,21H,9,12,15H2,1H3,(H,24,25). The van der Waals surface area contributed by atoms with Crippen molar-refractivity contribution >= 4 is 27.1 Å². The molecule has 0 bridgehead atoms. The predicted molar refractivity (Wildman–Crippen MR) is 113 cm³/mol. The summed E-state index contributed by atoms with van der Waals surface area (Å²) in [7, 11) is -3.80. The van der Waals surface area contributed by atoms with E-state index in [4.69, 9.17) is 0 Å². The molecular formula is C22H22FNO3S2. The van der Waals surface area contributed by atoms with Gasteiger partial charge in [-0.05, 0) is 54.1 Å². The lowest BCUT2D eigenvalue weighted by Crippen LogP contribution is -2.31. The first-order chi connectivity index (χ1) is 13.9. The Morgan fingerprint density at radius 2 is 1.86 bits per heavy atom. The van der Waals surface area contributed by atoms with Gasteiger partial charge in [0.25, 0.3) is 0 Å². The van der Waals surface area contributed by atoms with Crippen LogP contribution >= 0.6 is 11.3 Å². The second-order valence-electron chi connectivity index (χ2n) is 6.75. The largest absolute Gasteiger partial charge is 0.354 e. The van der Waals surface area contributed by atoms with Gasteiger partial charge in [0.1, 0.15) is 11.1 Å². The Bertz CT molecular complexity index is 1060. The van der Waals surface area contributed by atoms with Crippen molar-refractivity contribution in [1.29, 1.82) is 0 Å². The number of aryl methyl sites for hydroxylation is 2. The minimum Gasteiger partial charge on any atom is -0.354 e. The molecule has 0 fully saturated rings. The molecule has 152 valence electrons. The Balaban J connectivity index is 1.74. The molecule has 7 heteroatoms. The van der Waals surface area contributed by atoms with Gasteiger partial charge in [-0.15, -0.1) is 11.3 Å². The molecule has 4 nitrogen and oxygen atoms in total. The Hall–Kier alpha value is -2.51. The molecule has 0 aliphatic carbocycles. The van der Waals surface area contributed by atoms with Crippen molar-refractivity contribution in [1.82, 2.24) is 5.32 Å². The Morgan fingerprint density at radius 3 is 2.52 bits per heavy atom. The second-order valence-corrected chi connectivity index (χ2v) is 9.86. The zero-order valence-corrected chi connectivity index (χ0v) is 17.6. The van der Waals surface area contributed by atoms with E-state index in [1.165, 1.54) is 30.4 Å². The van der Waals surface area contributed by atoms with E-state index in [0.29, 0.717) is 11.3 Å². The van der Waals surface area contributed by atoms with E-state index in [1.807, 2.05) is 30.3 Å². The molecule has 0 spiro atoms. The fourth-order valence-corrected chi connectivity index (χ4v) is 5.86. The summed E-state index contributed by atoms with van der Waals surface area (Å²) in [6, 6.07) is 16.9. The first kappa shape index (κ1) is 21.2.